The van der Waals surface area contributed by atoms with Crippen molar-refractivity contribution in [3.63, 3.8) is 0 Å². The van der Waals surface area contributed by atoms with Gasteiger partial charge in [-0.1, -0.05) is 12.1 Å². The zero-order valence-corrected chi connectivity index (χ0v) is 15.5. The van der Waals surface area contributed by atoms with E-state index < -0.39 is 12.8 Å². The minimum atomic E-state index is -4.38. The molecule has 1 unspecified atom stereocenters. The lowest BCUT2D eigenvalue weighted by Crippen LogP contribution is -2.27. The van der Waals surface area contributed by atoms with E-state index in [0.717, 1.165) is 10.6 Å². The van der Waals surface area contributed by atoms with Crippen molar-refractivity contribution in [3.05, 3.63) is 45.9 Å². The van der Waals surface area contributed by atoms with Gasteiger partial charge >= 0.3 is 6.18 Å². The van der Waals surface area contributed by atoms with Crippen molar-refractivity contribution >= 4 is 29.7 Å². The predicted molar refractivity (Wildman–Crippen MR) is 96.0 cm³/mol. The molecule has 0 saturated heterocycles. The van der Waals surface area contributed by atoms with Crippen LogP contribution in [0.3, 0.4) is 0 Å². The van der Waals surface area contributed by atoms with Crippen LogP contribution in [-0.2, 0) is 6.42 Å². The molecule has 1 heterocycles. The normalized spacial score (nSPS) is 12.2. The van der Waals surface area contributed by atoms with E-state index in [9.17, 15) is 18.0 Å². The highest BCUT2D eigenvalue weighted by Gasteiger charge is 2.28. The lowest BCUT2D eigenvalue weighted by Gasteiger charge is -2.14. The maximum atomic E-state index is 12.2. The Morgan fingerprint density at radius 2 is 2.00 bits per heavy atom. The molecule has 144 valence electrons. The van der Waals surface area contributed by atoms with Crippen LogP contribution >= 0.6 is 23.7 Å². The number of nitrogens with zero attached hydrogens (tertiary/aromatic N) is 1. The number of carbonyl (C=O) groups excluding carboxylic acids is 1. The lowest BCUT2D eigenvalue weighted by atomic mass is 10.1. The van der Waals surface area contributed by atoms with E-state index in [4.69, 9.17) is 5.73 Å². The van der Waals surface area contributed by atoms with E-state index in [-0.39, 0.29) is 30.1 Å². The summed E-state index contributed by atoms with van der Waals surface area (Å²) >= 11 is 1.37. The zero-order valence-electron chi connectivity index (χ0n) is 13.9. The third kappa shape index (κ3) is 6.81. The van der Waals surface area contributed by atoms with Crippen LogP contribution in [0.2, 0.25) is 0 Å². The van der Waals surface area contributed by atoms with Crippen molar-refractivity contribution in [2.45, 2.75) is 25.6 Å². The smallest absolute Gasteiger partial charge is 0.422 e. The molecule has 1 amide bonds. The summed E-state index contributed by atoms with van der Waals surface area (Å²) in [5.74, 6) is -0.199. The van der Waals surface area contributed by atoms with Crippen molar-refractivity contribution in [3.8, 4) is 5.75 Å². The minimum absolute atomic E-state index is 0. The average molecular weight is 410 g/mol. The summed E-state index contributed by atoms with van der Waals surface area (Å²) in [4.78, 5) is 16.4. The predicted octanol–water partition coefficient (Wildman–Crippen LogP) is 3.50. The number of nitrogens with two attached hydrogens (primary N) is 1. The van der Waals surface area contributed by atoms with E-state index in [1.807, 2.05) is 0 Å². The topological polar surface area (TPSA) is 77.2 Å². The third-order valence-electron chi connectivity index (χ3n) is 3.27. The van der Waals surface area contributed by atoms with Crippen molar-refractivity contribution in [2.75, 3.05) is 13.2 Å². The Morgan fingerprint density at radius 3 is 2.58 bits per heavy atom. The van der Waals surface area contributed by atoms with Crippen LogP contribution in [0.5, 0.6) is 5.75 Å². The molecule has 0 aliphatic heterocycles. The number of hydrogen-bond acceptors (Lipinski definition) is 5. The van der Waals surface area contributed by atoms with Gasteiger partial charge in [0.15, 0.2) is 6.61 Å². The standard InChI is InChI=1S/C16H18F3N3O2S.ClH/c1-10(21-15(23)13-8-25-14(22-13)6-7-20)11-2-4-12(5-3-11)24-9-16(17,18)19;/h2-5,8,10H,6-7,9,20H2,1H3,(H,21,23);1H. The highest BCUT2D eigenvalue weighted by Crippen LogP contribution is 2.21. The van der Waals surface area contributed by atoms with E-state index in [2.05, 4.69) is 15.0 Å². The van der Waals surface area contributed by atoms with Gasteiger partial charge < -0.3 is 15.8 Å². The van der Waals surface area contributed by atoms with E-state index >= 15 is 0 Å². The first-order valence-electron chi connectivity index (χ1n) is 7.53. The molecule has 0 radical (unpaired) electrons. The number of hydrogen-bond donors (Lipinski definition) is 2. The molecule has 0 aliphatic rings. The van der Waals surface area contributed by atoms with E-state index in [1.165, 1.54) is 23.5 Å². The average Bonchev–Trinajstić information content (AvgIpc) is 3.02. The molecule has 0 fully saturated rings. The summed E-state index contributed by atoms with van der Waals surface area (Å²) < 4.78 is 41.0. The lowest BCUT2D eigenvalue weighted by molar-refractivity contribution is -0.153. The summed E-state index contributed by atoms with van der Waals surface area (Å²) in [5.41, 5.74) is 6.52. The summed E-state index contributed by atoms with van der Waals surface area (Å²) in [6.45, 7) is 0.901. The first-order valence-corrected chi connectivity index (χ1v) is 8.41. The number of benzene rings is 1. The van der Waals surface area contributed by atoms with Crippen LogP contribution in [0.1, 0.15) is 34.0 Å². The molecule has 1 aromatic heterocycles. The Kier molecular flexibility index (Phi) is 8.32. The fourth-order valence-corrected chi connectivity index (χ4v) is 2.82. The fourth-order valence-electron chi connectivity index (χ4n) is 2.03. The molecule has 1 aromatic carbocycles. The number of thiazole rings is 1. The van der Waals surface area contributed by atoms with Gasteiger partial charge in [-0.05, 0) is 31.2 Å². The van der Waals surface area contributed by atoms with Crippen molar-refractivity contribution in [1.29, 1.82) is 0 Å². The minimum Gasteiger partial charge on any atom is -0.484 e. The summed E-state index contributed by atoms with van der Waals surface area (Å²) in [7, 11) is 0. The number of nitrogens with one attached hydrogen (secondary N) is 1. The van der Waals surface area contributed by atoms with Crippen LogP contribution in [0.25, 0.3) is 0 Å². The Labute approximate surface area is 159 Å². The molecule has 2 rings (SSSR count). The van der Waals surface area contributed by atoms with Gasteiger partial charge in [0.05, 0.1) is 11.0 Å². The van der Waals surface area contributed by atoms with Crippen LogP contribution in [0, 0.1) is 0 Å². The maximum Gasteiger partial charge on any atom is 0.422 e. The molecule has 0 bridgehead atoms. The Bertz CT molecular complexity index is 708. The van der Waals surface area contributed by atoms with E-state index in [0.29, 0.717) is 18.7 Å². The van der Waals surface area contributed by atoms with Gasteiger partial charge in [0.1, 0.15) is 11.4 Å². The Morgan fingerprint density at radius 1 is 1.35 bits per heavy atom. The van der Waals surface area contributed by atoms with Crippen LogP contribution < -0.4 is 15.8 Å². The van der Waals surface area contributed by atoms with Gasteiger partial charge in [-0.15, -0.1) is 23.7 Å². The van der Waals surface area contributed by atoms with E-state index in [1.54, 1.807) is 24.4 Å². The second kappa shape index (κ2) is 9.75. The SMILES string of the molecule is CC(NC(=O)c1csc(CCN)n1)c1ccc(OCC(F)(F)F)cc1.Cl. The van der Waals surface area contributed by atoms with Gasteiger partial charge in [-0.2, -0.15) is 13.2 Å². The molecule has 0 aliphatic carbocycles. The highest BCUT2D eigenvalue weighted by atomic mass is 35.5. The van der Waals surface area contributed by atoms with Gasteiger partial charge in [-0.25, -0.2) is 4.98 Å². The summed E-state index contributed by atoms with van der Waals surface area (Å²) in [5, 5.41) is 5.26. The number of rotatable bonds is 7. The zero-order chi connectivity index (χ0) is 18.4. The quantitative estimate of drug-likeness (QED) is 0.733. The van der Waals surface area contributed by atoms with Gasteiger partial charge in [0, 0.05) is 11.8 Å². The first-order chi connectivity index (χ1) is 11.8. The maximum absolute atomic E-state index is 12.2. The highest BCUT2D eigenvalue weighted by molar-refractivity contribution is 7.09. The summed E-state index contributed by atoms with van der Waals surface area (Å²) in [6.07, 6.45) is -3.76. The van der Waals surface area contributed by atoms with Crippen LogP contribution in [0.15, 0.2) is 29.6 Å². The molecule has 10 heteroatoms. The second-order valence-corrected chi connectivity index (χ2v) is 6.28. The molecule has 26 heavy (non-hydrogen) atoms. The van der Waals surface area contributed by atoms with Gasteiger partial charge in [-0.3, -0.25) is 4.79 Å². The number of alkyl halides is 3. The molecule has 0 saturated carbocycles. The molecular formula is C16H19ClF3N3O2S. The molecule has 1 atom stereocenters. The van der Waals surface area contributed by atoms with Crippen LogP contribution in [-0.4, -0.2) is 30.2 Å². The molecule has 2 aromatic rings. The molecular weight excluding hydrogens is 391 g/mol. The number of halogens is 4. The number of carbonyl (C=O) groups is 1. The number of ether oxygens (including phenoxy) is 1. The number of amides is 1. The fraction of sp³-hybridized carbons (Fsp3) is 0.375. The molecule has 5 nitrogen and oxygen atoms in total. The van der Waals surface area contributed by atoms with Crippen LogP contribution in [0.4, 0.5) is 13.2 Å². The molecule has 0 spiro atoms. The van der Waals surface area contributed by atoms with Crippen molar-refractivity contribution < 1.29 is 22.7 Å². The number of aromatic nitrogens is 1. The summed E-state index contributed by atoms with van der Waals surface area (Å²) in [6, 6.07) is 5.76. The largest absolute Gasteiger partial charge is 0.484 e. The van der Waals surface area contributed by atoms with Gasteiger partial charge in [0.25, 0.3) is 5.91 Å². The van der Waals surface area contributed by atoms with Gasteiger partial charge in [0.2, 0.25) is 0 Å². The Balaban J connectivity index is 0.00000338. The third-order valence-corrected chi connectivity index (χ3v) is 4.18. The second-order valence-electron chi connectivity index (χ2n) is 5.33. The first kappa shape index (κ1) is 22.2. The van der Waals surface area contributed by atoms with Crippen molar-refractivity contribution in [1.82, 2.24) is 10.3 Å². The molecule has 3 N–H and O–H groups in total. The Hall–Kier alpha value is -1.84. The monoisotopic (exact) mass is 409 g/mol. The van der Waals surface area contributed by atoms with Crippen molar-refractivity contribution in [2.24, 2.45) is 5.73 Å².